The molecule has 0 amide bonds. The van der Waals surface area contributed by atoms with Gasteiger partial charge < -0.3 is 12.8 Å². The van der Waals surface area contributed by atoms with E-state index >= 15 is 0 Å². The molecule has 10 rings (SSSR count). The van der Waals surface area contributed by atoms with Crippen molar-refractivity contribution < 1.29 is 44.8 Å². The molecule has 4 fully saturated rings. The first-order valence-corrected chi connectivity index (χ1v) is 27.7. The van der Waals surface area contributed by atoms with Crippen LogP contribution in [-0.4, -0.2) is 35.0 Å². The predicted octanol–water partition coefficient (Wildman–Crippen LogP) is 15.2. The molecular formula is C56H70Au2P2+2. The predicted molar refractivity (Wildman–Crippen MR) is 256 cm³/mol. The maximum Gasteiger partial charge on any atom is 1.00 e. The summed E-state index contributed by atoms with van der Waals surface area (Å²) in [5.41, 5.74) is 17.9. The van der Waals surface area contributed by atoms with E-state index in [0.29, 0.717) is 0 Å². The van der Waals surface area contributed by atoms with Crippen molar-refractivity contribution in [2.24, 2.45) is 0 Å². The summed E-state index contributed by atoms with van der Waals surface area (Å²) >= 11 is 0. The van der Waals surface area contributed by atoms with Crippen LogP contribution in [0.4, 0.5) is 0 Å². The van der Waals surface area contributed by atoms with Gasteiger partial charge >= 0.3 is 44.8 Å². The summed E-state index contributed by atoms with van der Waals surface area (Å²) < 4.78 is 0. The first-order chi connectivity index (χ1) is 28.7. The Kier molecular flexibility index (Phi) is 19.7. The van der Waals surface area contributed by atoms with Gasteiger partial charge in [-0.15, -0.1) is 29.3 Å². The molecule has 3 aromatic rings. The number of hydrogen-bond acceptors (Lipinski definition) is 0. The van der Waals surface area contributed by atoms with Gasteiger partial charge in [-0.05, 0) is 161 Å². The van der Waals surface area contributed by atoms with E-state index in [1.54, 1.807) is 141 Å². The summed E-state index contributed by atoms with van der Waals surface area (Å²) in [4.78, 5) is 0. The number of rotatable bonds is 7. The molecule has 0 saturated heterocycles. The molecule has 0 spiro atoms. The van der Waals surface area contributed by atoms with E-state index in [2.05, 4.69) is 72.5 Å². The summed E-state index contributed by atoms with van der Waals surface area (Å²) in [6.45, 7) is 0. The Balaban J connectivity index is 0.000000160. The standard InChI is InChI=1S/C26H48P2.C15H11.C15H9.2Au/c1-5-13-23(14-6-1)27(24-15-7-2-8-16-24)21-22-28(25-17-9-3-10-18-25)26-19-11-4-12-20-26;1-2-11-7-8-15-13(9-11)10-12-5-3-4-6-14(12)15;1-2-11-7-8-13-10-12-5-3-4-6-14(12)15(13)9-11;;/h23-26H,1-22H2;3-6,9H,7-8,10H2;3-9H,10H2;;/q;2*-1;2*+1/p+2. The molecule has 60 heavy (non-hydrogen) atoms. The zero-order chi connectivity index (χ0) is 39.5. The average molecular weight is 1200 g/mol. The van der Waals surface area contributed by atoms with Crippen LogP contribution in [0.3, 0.4) is 0 Å². The van der Waals surface area contributed by atoms with Crippen LogP contribution in [0.2, 0.25) is 0 Å². The van der Waals surface area contributed by atoms with E-state index in [-0.39, 0.29) is 60.6 Å². The Labute approximate surface area is 399 Å². The summed E-state index contributed by atoms with van der Waals surface area (Å²) in [5.74, 6) is 4.96. The Bertz CT molecular complexity index is 1890. The number of hydrogen-bond donors (Lipinski definition) is 0. The van der Waals surface area contributed by atoms with Crippen molar-refractivity contribution >= 4 is 21.4 Å². The second-order valence-corrected chi connectivity index (χ2v) is 25.5. The van der Waals surface area contributed by atoms with Gasteiger partial charge in [-0.3, -0.25) is 11.8 Å². The van der Waals surface area contributed by atoms with Crippen LogP contribution < -0.4 is 0 Å². The largest absolute Gasteiger partial charge is 1.00 e. The molecule has 3 aromatic carbocycles. The van der Waals surface area contributed by atoms with Gasteiger partial charge in [0.15, 0.2) is 0 Å². The minimum absolute atomic E-state index is 0. The normalized spacial score (nSPS) is 20.3. The van der Waals surface area contributed by atoms with Crippen molar-refractivity contribution in [1.29, 1.82) is 0 Å². The molecule has 0 N–H and O–H groups in total. The van der Waals surface area contributed by atoms with Crippen LogP contribution in [0.25, 0.3) is 16.7 Å². The molecule has 0 bridgehead atoms. The summed E-state index contributed by atoms with van der Waals surface area (Å²) in [6, 6.07) is 23.2. The van der Waals surface area contributed by atoms with Crippen LogP contribution >= 0.6 is 15.8 Å². The van der Waals surface area contributed by atoms with Gasteiger partial charge in [0, 0.05) is 15.8 Å². The van der Waals surface area contributed by atoms with Crippen LogP contribution in [0, 0.1) is 24.7 Å². The van der Waals surface area contributed by atoms with Crippen LogP contribution in [0.1, 0.15) is 169 Å². The van der Waals surface area contributed by atoms with Crippen molar-refractivity contribution in [1.82, 2.24) is 0 Å². The van der Waals surface area contributed by atoms with E-state index in [4.69, 9.17) is 12.8 Å². The van der Waals surface area contributed by atoms with Gasteiger partial charge in [0.05, 0.1) is 35.0 Å². The molecule has 4 heteroatoms. The van der Waals surface area contributed by atoms with Gasteiger partial charge in [0.1, 0.15) is 0 Å². The molecule has 7 aliphatic rings. The summed E-state index contributed by atoms with van der Waals surface area (Å²) in [7, 11) is -0.182. The van der Waals surface area contributed by atoms with Crippen molar-refractivity contribution in [3.05, 3.63) is 125 Å². The molecule has 4 saturated carbocycles. The molecular weight excluding hydrogens is 1130 g/mol. The Morgan fingerprint density at radius 3 is 1.40 bits per heavy atom. The van der Waals surface area contributed by atoms with Crippen LogP contribution in [0.15, 0.2) is 84.0 Å². The van der Waals surface area contributed by atoms with E-state index in [1.165, 1.54) is 67.2 Å². The zero-order valence-electron chi connectivity index (χ0n) is 36.2. The Hall–Kier alpha value is -1.40. The quantitative estimate of drug-likeness (QED) is 0.0749. The third kappa shape index (κ3) is 12.2. The monoisotopic (exact) mass is 1200 g/mol. The maximum absolute atomic E-state index is 7.17. The molecule has 0 aliphatic heterocycles. The van der Waals surface area contributed by atoms with Gasteiger partial charge in [-0.25, -0.2) is 0 Å². The van der Waals surface area contributed by atoms with E-state index in [9.17, 15) is 0 Å². The molecule has 0 radical (unpaired) electrons. The number of allylic oxidation sites excluding steroid dienone is 4. The fourth-order valence-corrected chi connectivity index (χ4v) is 22.3. The van der Waals surface area contributed by atoms with E-state index in [1.807, 2.05) is 12.1 Å². The molecule has 0 atom stereocenters. The van der Waals surface area contributed by atoms with Crippen molar-refractivity contribution in [3.8, 4) is 23.0 Å². The molecule has 0 unspecified atom stereocenters. The minimum Gasteiger partial charge on any atom is -0.366 e. The third-order valence-electron chi connectivity index (χ3n) is 15.4. The zero-order valence-corrected chi connectivity index (χ0v) is 42.6. The number of fused-ring (bicyclic) bond motifs is 5. The smallest absolute Gasteiger partial charge is 0.366 e. The maximum atomic E-state index is 7.17. The Morgan fingerprint density at radius 1 is 0.467 bits per heavy atom. The van der Waals surface area contributed by atoms with Gasteiger partial charge in [0.25, 0.3) is 0 Å². The second kappa shape index (κ2) is 24.6. The first kappa shape index (κ1) is 48.1. The fourth-order valence-electron chi connectivity index (χ4n) is 12.4. The van der Waals surface area contributed by atoms with Gasteiger partial charge in [0.2, 0.25) is 0 Å². The average Bonchev–Trinajstić information content (AvgIpc) is 3.87. The molecule has 0 heterocycles. The summed E-state index contributed by atoms with van der Waals surface area (Å²) in [5, 5.41) is 0. The molecule has 0 aromatic heterocycles. The third-order valence-corrected chi connectivity index (χ3v) is 24.1. The van der Waals surface area contributed by atoms with Crippen LogP contribution in [-0.2, 0) is 57.6 Å². The minimum atomic E-state index is -0.0909. The van der Waals surface area contributed by atoms with Crippen molar-refractivity contribution in [3.63, 3.8) is 0 Å². The van der Waals surface area contributed by atoms with Crippen LogP contribution in [0.5, 0.6) is 0 Å². The van der Waals surface area contributed by atoms with Crippen molar-refractivity contribution in [2.75, 3.05) is 12.3 Å². The Morgan fingerprint density at radius 2 is 0.917 bits per heavy atom. The fraction of sp³-hybridized carbons (Fsp3) is 0.536. The van der Waals surface area contributed by atoms with E-state index < -0.39 is 0 Å². The van der Waals surface area contributed by atoms with Crippen molar-refractivity contribution in [2.45, 2.75) is 177 Å². The van der Waals surface area contributed by atoms with E-state index in [0.717, 1.165) is 36.8 Å². The summed E-state index contributed by atoms with van der Waals surface area (Å²) in [6.07, 6.45) is 56.0. The van der Waals surface area contributed by atoms with Gasteiger partial charge in [-0.1, -0.05) is 92.3 Å². The molecule has 324 valence electrons. The SMILES string of the molecule is C1CCC([PH+](CC[PH+](C2CCCCC2)C2CCCCC2)C2CCCCC2)CC1.[Au+].[Au+].[C-]#CC1=CC2=C(CC1)c1ccccc1C2.[C-]#Cc1ccc2c(c1)-c1ccccc1C2. The van der Waals surface area contributed by atoms with Gasteiger partial charge in [-0.2, -0.15) is 0 Å². The first-order valence-electron chi connectivity index (χ1n) is 24.0. The molecule has 7 aliphatic carbocycles. The molecule has 0 nitrogen and oxygen atoms in total. The number of benzene rings is 3. The topological polar surface area (TPSA) is 0 Å². The second-order valence-electron chi connectivity index (χ2n) is 19.0.